The van der Waals surface area contributed by atoms with E-state index in [1.807, 2.05) is 0 Å². The molecule has 4 fully saturated rings. The Morgan fingerprint density at radius 3 is 2.15 bits per heavy atom. The Balaban J connectivity index is 1.56. The van der Waals surface area contributed by atoms with Gasteiger partial charge in [-0.15, -0.1) is 0 Å². The number of methoxy groups -OCH3 is 2. The zero-order valence-electron chi connectivity index (χ0n) is 26.7. The molecule has 0 heterocycles. The van der Waals surface area contributed by atoms with E-state index in [1.165, 1.54) is 46.3 Å². The predicted molar refractivity (Wildman–Crippen MR) is 158 cm³/mol. The van der Waals surface area contributed by atoms with E-state index in [4.69, 9.17) is 28.0 Å². The summed E-state index contributed by atoms with van der Waals surface area (Å²) in [5, 5.41) is 0. The van der Waals surface area contributed by atoms with E-state index in [-0.39, 0.29) is 12.2 Å². The summed E-state index contributed by atoms with van der Waals surface area (Å²) in [5.74, 6) is 4.35. The Hall–Kier alpha value is -0.0100. The highest BCUT2D eigenvalue weighted by Crippen LogP contribution is 2.70. The topological polar surface area (TPSA) is 72.5 Å². The molecule has 0 amide bonds. The fourth-order valence-corrected chi connectivity index (χ4v) is 11.7. The van der Waals surface area contributed by atoms with Gasteiger partial charge < -0.3 is 28.0 Å². The van der Waals surface area contributed by atoms with Gasteiger partial charge in [-0.25, -0.2) is 0 Å². The van der Waals surface area contributed by atoms with E-state index in [0.29, 0.717) is 72.0 Å². The Kier molecular flexibility index (Phi) is 11.3. The van der Waals surface area contributed by atoms with Gasteiger partial charge in [0.1, 0.15) is 13.6 Å². The zero-order valence-corrected chi connectivity index (χ0v) is 27.6. The summed E-state index contributed by atoms with van der Waals surface area (Å²) in [4.78, 5) is 0. The first kappa shape index (κ1) is 32.9. The Morgan fingerprint density at radius 2 is 1.50 bits per heavy atom. The van der Waals surface area contributed by atoms with Crippen LogP contribution in [0.4, 0.5) is 0 Å². The van der Waals surface area contributed by atoms with Gasteiger partial charge in [-0.1, -0.05) is 34.1 Å². The van der Waals surface area contributed by atoms with Crippen LogP contribution in [0.2, 0.25) is 0 Å². The van der Waals surface area contributed by atoms with Gasteiger partial charge >= 0.3 is 7.60 Å². The lowest BCUT2D eigenvalue weighted by atomic mass is 9.41. The first-order valence-electron chi connectivity index (χ1n) is 16.0. The highest BCUT2D eigenvalue weighted by atomic mass is 31.2. The molecule has 0 aliphatic heterocycles. The number of fused-ring (bicyclic) bond motifs is 5. The number of hydrogen-bond acceptors (Lipinski definition) is 7. The molecule has 4 aliphatic carbocycles. The van der Waals surface area contributed by atoms with Crippen LogP contribution in [0.15, 0.2) is 0 Å². The molecule has 0 radical (unpaired) electrons. The molecule has 234 valence electrons. The van der Waals surface area contributed by atoms with Gasteiger partial charge in [0.25, 0.3) is 0 Å². The lowest BCUT2D eigenvalue weighted by Gasteiger charge is -2.65. The van der Waals surface area contributed by atoms with E-state index < -0.39 is 7.60 Å². The van der Waals surface area contributed by atoms with Crippen LogP contribution in [0.5, 0.6) is 0 Å². The molecule has 4 aliphatic rings. The van der Waals surface area contributed by atoms with Crippen LogP contribution in [-0.4, -0.2) is 60.4 Å². The average molecular weight is 587 g/mol. The minimum atomic E-state index is -2.94. The molecule has 0 N–H and O–H groups in total. The number of ether oxygens (including phenoxy) is 4. The highest BCUT2D eigenvalue weighted by Gasteiger charge is 2.65. The maximum atomic E-state index is 12.6. The summed E-state index contributed by atoms with van der Waals surface area (Å²) < 4.78 is 46.7. The minimum absolute atomic E-state index is 0.238. The van der Waals surface area contributed by atoms with Gasteiger partial charge in [-0.3, -0.25) is 4.57 Å². The van der Waals surface area contributed by atoms with E-state index >= 15 is 0 Å². The van der Waals surface area contributed by atoms with E-state index in [9.17, 15) is 4.57 Å². The third kappa shape index (κ3) is 6.14. The van der Waals surface area contributed by atoms with Crippen LogP contribution < -0.4 is 0 Å². The first-order valence-corrected chi connectivity index (χ1v) is 17.8. The third-order valence-corrected chi connectivity index (χ3v) is 14.5. The normalized spacial score (nSPS) is 42.2. The van der Waals surface area contributed by atoms with Crippen molar-refractivity contribution in [2.75, 3.05) is 48.2 Å². The summed E-state index contributed by atoms with van der Waals surface area (Å²) >= 11 is 0. The molecule has 7 nitrogen and oxygen atoms in total. The lowest BCUT2D eigenvalue weighted by molar-refractivity contribution is -0.239. The predicted octanol–water partition coefficient (Wildman–Crippen LogP) is 7.77. The average Bonchev–Trinajstić information content (AvgIpc) is 3.31. The summed E-state index contributed by atoms with van der Waals surface area (Å²) in [6.45, 7) is 10.8. The van der Waals surface area contributed by atoms with E-state index in [0.717, 1.165) is 32.1 Å². The molecule has 0 saturated heterocycles. The van der Waals surface area contributed by atoms with Crippen LogP contribution in [0, 0.1) is 52.3 Å². The molecule has 4 saturated carbocycles. The Morgan fingerprint density at radius 1 is 0.850 bits per heavy atom. The highest BCUT2D eigenvalue weighted by molar-refractivity contribution is 7.53. The summed E-state index contributed by atoms with van der Waals surface area (Å²) in [6.07, 6.45) is 12.8. The maximum absolute atomic E-state index is 12.6. The molecule has 0 aromatic rings. The Bertz CT molecular complexity index is 847. The van der Waals surface area contributed by atoms with Crippen molar-refractivity contribution in [1.29, 1.82) is 0 Å². The second-order valence-corrected chi connectivity index (χ2v) is 16.4. The van der Waals surface area contributed by atoms with Crippen molar-refractivity contribution >= 4 is 7.60 Å². The first-order chi connectivity index (χ1) is 19.1. The van der Waals surface area contributed by atoms with Crippen LogP contribution in [0.1, 0.15) is 91.9 Å². The fourth-order valence-electron chi connectivity index (χ4n) is 10.6. The molecular formula is C32H59O7P. The Labute approximate surface area is 244 Å². The largest absolute Gasteiger partial charge is 0.359 e. The minimum Gasteiger partial charge on any atom is -0.359 e. The summed E-state index contributed by atoms with van der Waals surface area (Å²) in [7, 11) is 3.52. The van der Waals surface area contributed by atoms with E-state index in [2.05, 4.69) is 27.7 Å². The molecule has 0 aromatic heterocycles. The standard InChI is InChI=1S/C32H59O7P/c1-9-24-28-19-23(38-20-34-5)14-16-32(28,4)27-15-17-31(3)25(22(2)11-10-18-40(33,36-7)37-8)12-13-26(31)29(27)30(24)39-21-35-6/h22-30H,9-21H2,1-8H3/t22-,23-,24-,25-,26?,27?,28+,29?,30-,31?,32?/m1/s1. The molecule has 0 bridgehead atoms. The molecule has 40 heavy (non-hydrogen) atoms. The van der Waals surface area contributed by atoms with Crippen molar-refractivity contribution in [3.63, 3.8) is 0 Å². The van der Waals surface area contributed by atoms with Crippen LogP contribution >= 0.6 is 7.60 Å². The van der Waals surface area contributed by atoms with Gasteiger partial charge in [0, 0.05) is 28.4 Å². The van der Waals surface area contributed by atoms with Crippen LogP contribution in [0.3, 0.4) is 0 Å². The molecular weight excluding hydrogens is 527 g/mol. The number of hydrogen-bond donors (Lipinski definition) is 0. The quantitative estimate of drug-likeness (QED) is 0.152. The molecule has 5 unspecified atom stereocenters. The van der Waals surface area contributed by atoms with Crippen LogP contribution in [0.25, 0.3) is 0 Å². The molecule has 0 spiro atoms. The third-order valence-electron chi connectivity index (χ3n) is 12.5. The van der Waals surface area contributed by atoms with Crippen molar-refractivity contribution in [1.82, 2.24) is 0 Å². The van der Waals surface area contributed by atoms with Gasteiger partial charge in [0.2, 0.25) is 0 Å². The van der Waals surface area contributed by atoms with Gasteiger partial charge in [0.05, 0.1) is 18.4 Å². The molecule has 4 rings (SSSR count). The van der Waals surface area contributed by atoms with Crippen molar-refractivity contribution < 1.29 is 32.6 Å². The SMILES string of the molecule is CC[C@H]1[C@@H](OCOC)C2C3CC[C@H]([C@H](C)CCCP(=O)(OC)OC)C3(C)CCC2C2(C)CC[C@@H](OCOC)C[C@@H]12. The second kappa shape index (κ2) is 13.7. The summed E-state index contributed by atoms with van der Waals surface area (Å²) in [5.41, 5.74) is 0.652. The summed E-state index contributed by atoms with van der Waals surface area (Å²) in [6, 6.07) is 0. The van der Waals surface area contributed by atoms with Gasteiger partial charge in [0.15, 0.2) is 0 Å². The second-order valence-electron chi connectivity index (χ2n) is 14.0. The van der Waals surface area contributed by atoms with Crippen molar-refractivity contribution in [2.45, 2.75) is 104 Å². The van der Waals surface area contributed by atoms with E-state index in [1.54, 1.807) is 14.2 Å². The smallest absolute Gasteiger partial charge is 0.330 e. The lowest BCUT2D eigenvalue weighted by Crippen LogP contribution is -2.63. The monoisotopic (exact) mass is 586 g/mol. The van der Waals surface area contributed by atoms with Crippen LogP contribution in [-0.2, 0) is 32.6 Å². The van der Waals surface area contributed by atoms with Crippen molar-refractivity contribution in [3.05, 3.63) is 0 Å². The molecule has 11 atom stereocenters. The molecule has 0 aromatic carbocycles. The fraction of sp³-hybridized carbons (Fsp3) is 1.00. The molecule has 8 heteroatoms. The zero-order chi connectivity index (χ0) is 29.1. The van der Waals surface area contributed by atoms with Crippen molar-refractivity contribution in [3.8, 4) is 0 Å². The van der Waals surface area contributed by atoms with Gasteiger partial charge in [-0.2, -0.15) is 0 Å². The van der Waals surface area contributed by atoms with Crippen molar-refractivity contribution in [2.24, 2.45) is 52.3 Å². The number of rotatable bonds is 14. The maximum Gasteiger partial charge on any atom is 0.330 e. The van der Waals surface area contributed by atoms with Gasteiger partial charge in [-0.05, 0) is 110 Å².